The number of para-hydroxylation sites is 1. The normalized spacial score (nSPS) is 10.9. The zero-order chi connectivity index (χ0) is 12.7. The third kappa shape index (κ3) is 1.59. The Balaban J connectivity index is 2.22. The van der Waals surface area contributed by atoms with Crippen molar-refractivity contribution in [2.24, 2.45) is 0 Å². The first-order valence-corrected chi connectivity index (χ1v) is 5.60. The highest BCUT2D eigenvalue weighted by molar-refractivity contribution is 5.79. The number of nitrogens with zero attached hydrogens (tertiary/aromatic N) is 1. The molecule has 4 nitrogen and oxygen atoms in total. The minimum atomic E-state index is 0.000720. The van der Waals surface area contributed by atoms with Crippen LogP contribution in [-0.2, 0) is 0 Å². The molecule has 0 aliphatic heterocycles. The molecule has 0 radical (unpaired) electrons. The number of oxazole rings is 1. The number of nitrogens with two attached hydrogens (primary N) is 1. The van der Waals surface area contributed by atoms with Gasteiger partial charge in [-0.05, 0) is 36.8 Å². The molecule has 2 aromatic carbocycles. The van der Waals surface area contributed by atoms with Gasteiger partial charge in [0.05, 0.1) is 11.3 Å². The quantitative estimate of drug-likeness (QED) is 0.506. The van der Waals surface area contributed by atoms with Gasteiger partial charge in [0.15, 0.2) is 11.3 Å². The van der Waals surface area contributed by atoms with Crippen molar-refractivity contribution in [3.63, 3.8) is 0 Å². The van der Waals surface area contributed by atoms with Crippen molar-refractivity contribution in [1.29, 1.82) is 0 Å². The molecule has 3 rings (SSSR count). The number of benzene rings is 2. The van der Waals surface area contributed by atoms with Crippen LogP contribution in [0.5, 0.6) is 5.75 Å². The molecule has 3 N–H and O–H groups in total. The maximum Gasteiger partial charge on any atom is 0.231 e. The van der Waals surface area contributed by atoms with Crippen LogP contribution in [0.25, 0.3) is 22.6 Å². The maximum atomic E-state index is 9.91. The van der Waals surface area contributed by atoms with Crippen LogP contribution in [0.15, 0.2) is 40.8 Å². The molecule has 4 heteroatoms. The van der Waals surface area contributed by atoms with Crippen LogP contribution in [0.1, 0.15) is 5.56 Å². The number of aryl methyl sites for hydroxylation is 1. The molecular formula is C14H12N2O2. The number of phenols is 1. The number of anilines is 1. The lowest BCUT2D eigenvalue weighted by atomic mass is 10.2. The Hall–Kier alpha value is -2.49. The summed E-state index contributed by atoms with van der Waals surface area (Å²) in [5.74, 6) is 0.376. The Kier molecular flexibility index (Phi) is 2.23. The summed E-state index contributed by atoms with van der Waals surface area (Å²) in [4.78, 5) is 4.34. The molecule has 0 saturated carbocycles. The van der Waals surface area contributed by atoms with Crippen molar-refractivity contribution < 1.29 is 9.52 Å². The van der Waals surface area contributed by atoms with Gasteiger partial charge in [-0.25, -0.2) is 4.98 Å². The van der Waals surface area contributed by atoms with Crippen molar-refractivity contribution in [2.45, 2.75) is 6.92 Å². The first-order chi connectivity index (χ1) is 8.65. The number of aromatic nitrogens is 1. The van der Waals surface area contributed by atoms with Crippen LogP contribution in [0, 0.1) is 6.92 Å². The monoisotopic (exact) mass is 240 g/mol. The number of hydrogen-bond donors (Lipinski definition) is 2. The van der Waals surface area contributed by atoms with Gasteiger partial charge in [0.25, 0.3) is 0 Å². The average molecular weight is 240 g/mol. The van der Waals surface area contributed by atoms with Gasteiger partial charge in [0.2, 0.25) is 5.89 Å². The summed E-state index contributed by atoms with van der Waals surface area (Å²) in [6.45, 7) is 1.99. The number of hydrogen-bond acceptors (Lipinski definition) is 4. The van der Waals surface area contributed by atoms with Gasteiger partial charge < -0.3 is 15.3 Å². The molecule has 0 aliphatic carbocycles. The Morgan fingerprint density at radius 1 is 1.22 bits per heavy atom. The zero-order valence-corrected chi connectivity index (χ0v) is 9.84. The third-order valence-corrected chi connectivity index (χ3v) is 2.84. The van der Waals surface area contributed by atoms with E-state index in [4.69, 9.17) is 10.2 Å². The van der Waals surface area contributed by atoms with E-state index in [1.165, 1.54) is 0 Å². The summed E-state index contributed by atoms with van der Waals surface area (Å²) in [5.41, 5.74) is 9.03. The molecule has 0 amide bonds. The minimum absolute atomic E-state index is 0.000720. The summed E-state index contributed by atoms with van der Waals surface area (Å²) < 4.78 is 5.64. The molecule has 0 bridgehead atoms. The van der Waals surface area contributed by atoms with Crippen molar-refractivity contribution >= 4 is 16.8 Å². The van der Waals surface area contributed by atoms with Gasteiger partial charge in [-0.2, -0.15) is 0 Å². The Morgan fingerprint density at radius 3 is 2.89 bits per heavy atom. The summed E-state index contributed by atoms with van der Waals surface area (Å²) >= 11 is 0. The summed E-state index contributed by atoms with van der Waals surface area (Å²) in [6, 6.07) is 10.9. The molecular weight excluding hydrogens is 228 g/mol. The maximum absolute atomic E-state index is 9.91. The summed E-state index contributed by atoms with van der Waals surface area (Å²) in [6.07, 6.45) is 0. The lowest BCUT2D eigenvalue weighted by Gasteiger charge is -2.02. The van der Waals surface area contributed by atoms with Gasteiger partial charge in [-0.1, -0.05) is 12.1 Å². The highest BCUT2D eigenvalue weighted by Crippen LogP contribution is 2.34. The van der Waals surface area contributed by atoms with Crippen molar-refractivity contribution in [3.05, 3.63) is 42.0 Å². The smallest absolute Gasteiger partial charge is 0.231 e. The zero-order valence-electron chi connectivity index (χ0n) is 9.84. The fraction of sp³-hybridized carbons (Fsp3) is 0.0714. The number of phenolic OH excluding ortho intramolecular Hbond substituents is 1. The predicted octanol–water partition coefficient (Wildman–Crippen LogP) is 3.09. The van der Waals surface area contributed by atoms with Crippen LogP contribution >= 0.6 is 0 Å². The molecule has 90 valence electrons. The van der Waals surface area contributed by atoms with E-state index in [0.29, 0.717) is 22.7 Å². The van der Waals surface area contributed by atoms with E-state index < -0.39 is 0 Å². The van der Waals surface area contributed by atoms with Gasteiger partial charge in [0.1, 0.15) is 5.52 Å². The van der Waals surface area contributed by atoms with E-state index in [-0.39, 0.29) is 5.75 Å². The summed E-state index contributed by atoms with van der Waals surface area (Å²) in [5, 5.41) is 9.91. The van der Waals surface area contributed by atoms with E-state index >= 15 is 0 Å². The number of nitrogen functional groups attached to an aromatic ring is 1. The fourth-order valence-electron chi connectivity index (χ4n) is 1.88. The van der Waals surface area contributed by atoms with Crippen LogP contribution < -0.4 is 5.73 Å². The van der Waals surface area contributed by atoms with E-state index in [1.54, 1.807) is 18.2 Å². The van der Waals surface area contributed by atoms with Crippen molar-refractivity contribution in [2.75, 3.05) is 5.73 Å². The number of fused-ring (bicyclic) bond motifs is 1. The first kappa shape index (κ1) is 10.7. The lowest BCUT2D eigenvalue weighted by molar-refractivity contribution is 0.476. The van der Waals surface area contributed by atoms with Crippen LogP contribution in [0.3, 0.4) is 0 Å². The number of aromatic hydroxyl groups is 1. The van der Waals surface area contributed by atoms with Gasteiger partial charge >= 0.3 is 0 Å². The first-order valence-electron chi connectivity index (χ1n) is 5.60. The van der Waals surface area contributed by atoms with Gasteiger partial charge in [-0.3, -0.25) is 0 Å². The lowest BCUT2D eigenvalue weighted by Crippen LogP contribution is -1.87. The topological polar surface area (TPSA) is 72.3 Å². The number of rotatable bonds is 1. The Morgan fingerprint density at radius 2 is 2.06 bits per heavy atom. The second-order valence-corrected chi connectivity index (χ2v) is 4.23. The second-order valence-electron chi connectivity index (χ2n) is 4.23. The molecule has 1 aromatic heterocycles. The molecule has 0 aliphatic rings. The molecule has 0 fully saturated rings. The highest BCUT2D eigenvalue weighted by atomic mass is 16.3. The molecule has 3 aromatic rings. The van der Waals surface area contributed by atoms with E-state index in [9.17, 15) is 5.11 Å². The molecule has 0 saturated heterocycles. The molecule has 0 unspecified atom stereocenters. The van der Waals surface area contributed by atoms with E-state index in [0.717, 1.165) is 11.1 Å². The molecule has 0 spiro atoms. The average Bonchev–Trinajstić information content (AvgIpc) is 2.75. The van der Waals surface area contributed by atoms with Crippen LogP contribution in [0.2, 0.25) is 0 Å². The van der Waals surface area contributed by atoms with E-state index in [1.807, 2.05) is 25.1 Å². The highest BCUT2D eigenvalue weighted by Gasteiger charge is 2.13. The molecule has 0 atom stereocenters. The van der Waals surface area contributed by atoms with Crippen LogP contribution in [-0.4, -0.2) is 10.1 Å². The standard InChI is InChI=1S/C14H12N2O2/c1-8-5-6-11-12(7-8)18-14(16-11)9-3-2-4-10(15)13(9)17/h2-7,17H,15H2,1H3. The molecule has 18 heavy (non-hydrogen) atoms. The SMILES string of the molecule is Cc1ccc2nc(-c3cccc(N)c3O)oc2c1. The van der Waals surface area contributed by atoms with Gasteiger partial charge in [0, 0.05) is 0 Å². The van der Waals surface area contributed by atoms with Crippen molar-refractivity contribution in [3.8, 4) is 17.2 Å². The van der Waals surface area contributed by atoms with Crippen LogP contribution in [0.4, 0.5) is 5.69 Å². The van der Waals surface area contributed by atoms with Gasteiger partial charge in [-0.15, -0.1) is 0 Å². The van der Waals surface area contributed by atoms with Crippen molar-refractivity contribution in [1.82, 2.24) is 4.98 Å². The molecule has 1 heterocycles. The Labute approximate surface area is 104 Å². The minimum Gasteiger partial charge on any atom is -0.505 e. The predicted molar refractivity (Wildman–Crippen MR) is 70.3 cm³/mol. The second kappa shape index (κ2) is 3.77. The third-order valence-electron chi connectivity index (χ3n) is 2.84. The van der Waals surface area contributed by atoms with E-state index in [2.05, 4.69) is 4.98 Å². The fourth-order valence-corrected chi connectivity index (χ4v) is 1.88. The Bertz CT molecular complexity index is 732. The largest absolute Gasteiger partial charge is 0.505 e. The summed E-state index contributed by atoms with van der Waals surface area (Å²) in [7, 11) is 0.